The highest BCUT2D eigenvalue weighted by Crippen LogP contribution is 2.29. The molecule has 0 saturated heterocycles. The summed E-state index contributed by atoms with van der Waals surface area (Å²) < 4.78 is 0. The van der Waals surface area contributed by atoms with Gasteiger partial charge >= 0.3 is 0 Å². The van der Waals surface area contributed by atoms with E-state index in [-0.39, 0.29) is 0 Å². The van der Waals surface area contributed by atoms with Crippen LogP contribution in [0.1, 0.15) is 5.56 Å². The number of nitrogens with one attached hydrogen (secondary N) is 1. The van der Waals surface area contributed by atoms with E-state index in [9.17, 15) is 0 Å². The van der Waals surface area contributed by atoms with Crippen molar-refractivity contribution in [2.24, 2.45) is 0 Å². The van der Waals surface area contributed by atoms with Crippen molar-refractivity contribution in [3.05, 3.63) is 58.3 Å². The Morgan fingerprint density at radius 1 is 1.06 bits per heavy atom. The van der Waals surface area contributed by atoms with Gasteiger partial charge in [-0.25, -0.2) is 0 Å². The fraction of sp³-hybridized carbons (Fsp3) is 0.154. The number of aromatic nitrogens is 1. The lowest BCUT2D eigenvalue weighted by atomic mass is 10.2. The minimum atomic E-state index is 0.642. The van der Waals surface area contributed by atoms with Crippen molar-refractivity contribution >= 4 is 28.9 Å². The molecule has 2 nitrogen and oxygen atoms in total. The van der Waals surface area contributed by atoms with Crippen LogP contribution in [0.15, 0.2) is 42.7 Å². The second-order valence-electron chi connectivity index (χ2n) is 3.63. The summed E-state index contributed by atoms with van der Waals surface area (Å²) in [5.41, 5.74) is 1.97. The highest BCUT2D eigenvalue weighted by molar-refractivity contribution is 6.39. The molecule has 17 heavy (non-hydrogen) atoms. The molecule has 0 fully saturated rings. The molecule has 1 aromatic heterocycles. The van der Waals surface area contributed by atoms with Crippen LogP contribution in [-0.2, 0) is 6.42 Å². The second-order valence-corrected chi connectivity index (χ2v) is 4.45. The molecule has 0 atom stereocenters. The van der Waals surface area contributed by atoms with Gasteiger partial charge in [0.25, 0.3) is 0 Å². The zero-order valence-corrected chi connectivity index (χ0v) is 10.7. The molecule has 2 aromatic rings. The average Bonchev–Trinajstić information content (AvgIpc) is 2.34. The van der Waals surface area contributed by atoms with Gasteiger partial charge < -0.3 is 5.32 Å². The van der Waals surface area contributed by atoms with Crippen LogP contribution >= 0.6 is 23.2 Å². The summed E-state index contributed by atoms with van der Waals surface area (Å²) in [6, 6.07) is 9.44. The maximum absolute atomic E-state index is 6.05. The summed E-state index contributed by atoms with van der Waals surface area (Å²) in [5, 5.41) is 4.52. The molecule has 0 aliphatic carbocycles. The minimum absolute atomic E-state index is 0.642. The predicted molar refractivity (Wildman–Crippen MR) is 72.9 cm³/mol. The Labute approximate surface area is 111 Å². The Morgan fingerprint density at radius 3 is 2.47 bits per heavy atom. The molecule has 88 valence electrons. The minimum Gasteiger partial charge on any atom is -0.382 e. The van der Waals surface area contributed by atoms with E-state index in [0.29, 0.717) is 10.0 Å². The Kier molecular flexibility index (Phi) is 4.24. The van der Waals surface area contributed by atoms with Crippen LogP contribution in [0.25, 0.3) is 0 Å². The monoisotopic (exact) mass is 266 g/mol. The molecule has 2 rings (SSSR count). The van der Waals surface area contributed by atoms with Gasteiger partial charge in [0.05, 0.1) is 15.7 Å². The molecule has 0 spiro atoms. The van der Waals surface area contributed by atoms with E-state index in [0.717, 1.165) is 18.7 Å². The maximum Gasteiger partial charge on any atom is 0.0719 e. The average molecular weight is 267 g/mol. The van der Waals surface area contributed by atoms with Crippen LogP contribution in [0.5, 0.6) is 0 Å². The summed E-state index contributed by atoms with van der Waals surface area (Å²) in [7, 11) is 0. The lowest BCUT2D eigenvalue weighted by Crippen LogP contribution is -2.05. The van der Waals surface area contributed by atoms with Gasteiger partial charge in [-0.05, 0) is 30.2 Å². The number of hydrogen-bond donors (Lipinski definition) is 1. The molecule has 1 N–H and O–H groups in total. The molecule has 1 heterocycles. The Bertz CT molecular complexity index is 466. The van der Waals surface area contributed by atoms with Crippen molar-refractivity contribution in [1.82, 2.24) is 4.98 Å². The third kappa shape index (κ3) is 3.35. The fourth-order valence-electron chi connectivity index (χ4n) is 1.54. The van der Waals surface area contributed by atoms with E-state index >= 15 is 0 Å². The first-order valence-corrected chi connectivity index (χ1v) is 6.10. The number of pyridine rings is 1. The van der Waals surface area contributed by atoms with Crippen LogP contribution in [0.4, 0.5) is 5.69 Å². The maximum atomic E-state index is 6.05. The number of halogens is 2. The van der Waals surface area contributed by atoms with E-state index in [2.05, 4.69) is 10.3 Å². The van der Waals surface area contributed by atoms with E-state index in [1.54, 1.807) is 6.20 Å². The van der Waals surface area contributed by atoms with Gasteiger partial charge in [0.1, 0.15) is 0 Å². The van der Waals surface area contributed by atoms with Crippen molar-refractivity contribution in [3.63, 3.8) is 0 Å². The number of para-hydroxylation sites is 1. The Balaban J connectivity index is 1.95. The smallest absolute Gasteiger partial charge is 0.0719 e. The largest absolute Gasteiger partial charge is 0.382 e. The van der Waals surface area contributed by atoms with Gasteiger partial charge in [0, 0.05) is 18.9 Å². The third-order valence-corrected chi connectivity index (χ3v) is 3.03. The Hall–Kier alpha value is -1.25. The number of anilines is 1. The zero-order chi connectivity index (χ0) is 12.1. The van der Waals surface area contributed by atoms with Gasteiger partial charge in [0.2, 0.25) is 0 Å². The molecule has 0 aliphatic rings. The summed E-state index contributed by atoms with van der Waals surface area (Å²) in [6.45, 7) is 0.773. The Morgan fingerprint density at radius 2 is 1.82 bits per heavy atom. The van der Waals surface area contributed by atoms with E-state index in [4.69, 9.17) is 23.2 Å². The van der Waals surface area contributed by atoms with Crippen LogP contribution in [-0.4, -0.2) is 11.5 Å². The normalized spacial score (nSPS) is 10.2. The van der Waals surface area contributed by atoms with Crippen LogP contribution in [0.2, 0.25) is 10.0 Å². The summed E-state index contributed by atoms with van der Waals surface area (Å²) >= 11 is 12.1. The van der Waals surface area contributed by atoms with Crippen molar-refractivity contribution in [2.45, 2.75) is 6.42 Å². The summed E-state index contributed by atoms with van der Waals surface area (Å²) in [6.07, 6.45) is 4.51. The highest BCUT2D eigenvalue weighted by atomic mass is 35.5. The number of benzene rings is 1. The number of nitrogens with zero attached hydrogens (tertiary/aromatic N) is 1. The number of rotatable bonds is 4. The molecule has 1 aromatic carbocycles. The van der Waals surface area contributed by atoms with E-state index < -0.39 is 0 Å². The van der Waals surface area contributed by atoms with Crippen molar-refractivity contribution in [2.75, 3.05) is 11.9 Å². The van der Waals surface area contributed by atoms with Gasteiger partial charge in [0.15, 0.2) is 0 Å². The zero-order valence-electron chi connectivity index (χ0n) is 9.16. The van der Waals surface area contributed by atoms with Crippen molar-refractivity contribution < 1.29 is 0 Å². The molecule has 0 aliphatic heterocycles. The van der Waals surface area contributed by atoms with E-state index in [1.165, 1.54) is 5.56 Å². The van der Waals surface area contributed by atoms with Gasteiger partial charge in [-0.3, -0.25) is 4.98 Å². The molecule has 0 bridgehead atoms. The first kappa shape index (κ1) is 12.2. The molecule has 0 unspecified atom stereocenters. The molecular weight excluding hydrogens is 255 g/mol. The summed E-state index contributed by atoms with van der Waals surface area (Å²) in [4.78, 5) is 4.07. The molecule has 0 radical (unpaired) electrons. The molecule has 4 heteroatoms. The molecular formula is C13H12Cl2N2. The standard InChI is InChI=1S/C13H12Cl2N2/c14-11-4-1-5-12(15)13(11)17-8-6-10-3-2-7-16-9-10/h1-5,7,9,17H,6,8H2. The van der Waals surface area contributed by atoms with Gasteiger partial charge in [-0.15, -0.1) is 0 Å². The predicted octanol–water partition coefficient (Wildman–Crippen LogP) is 4.04. The lowest BCUT2D eigenvalue weighted by molar-refractivity contribution is 1.01. The second kappa shape index (κ2) is 5.89. The quantitative estimate of drug-likeness (QED) is 0.904. The molecule has 0 amide bonds. The molecule has 0 saturated carbocycles. The topological polar surface area (TPSA) is 24.9 Å². The first-order chi connectivity index (χ1) is 8.27. The van der Waals surface area contributed by atoms with E-state index in [1.807, 2.05) is 36.5 Å². The highest BCUT2D eigenvalue weighted by Gasteiger charge is 2.03. The van der Waals surface area contributed by atoms with Crippen LogP contribution < -0.4 is 5.32 Å². The van der Waals surface area contributed by atoms with Crippen molar-refractivity contribution in [3.8, 4) is 0 Å². The third-order valence-electron chi connectivity index (χ3n) is 2.40. The fourth-order valence-corrected chi connectivity index (χ4v) is 2.08. The van der Waals surface area contributed by atoms with Crippen molar-refractivity contribution in [1.29, 1.82) is 0 Å². The SMILES string of the molecule is Clc1cccc(Cl)c1NCCc1cccnc1. The van der Waals surface area contributed by atoms with Gasteiger partial charge in [-0.1, -0.05) is 35.3 Å². The summed E-state index contributed by atoms with van der Waals surface area (Å²) in [5.74, 6) is 0. The van der Waals surface area contributed by atoms with Crippen LogP contribution in [0.3, 0.4) is 0 Å². The number of hydrogen-bond acceptors (Lipinski definition) is 2. The lowest BCUT2D eigenvalue weighted by Gasteiger charge is -2.09. The first-order valence-electron chi connectivity index (χ1n) is 5.34. The van der Waals surface area contributed by atoms with Gasteiger partial charge in [-0.2, -0.15) is 0 Å². The van der Waals surface area contributed by atoms with Crippen LogP contribution in [0, 0.1) is 0 Å².